The minimum Gasteiger partial charge on any atom is -0.354 e. The molecule has 1 fully saturated rings. The summed E-state index contributed by atoms with van der Waals surface area (Å²) in [7, 11) is -3.61. The molecule has 2 heterocycles. The maximum absolute atomic E-state index is 12.5. The summed E-state index contributed by atoms with van der Waals surface area (Å²) in [6, 6.07) is 10.6. The van der Waals surface area contributed by atoms with E-state index in [9.17, 15) is 8.42 Å². The third kappa shape index (κ3) is 4.87. The lowest BCUT2D eigenvalue weighted by Gasteiger charge is -2.34. The number of nitrogens with zero attached hydrogens (tertiary/aromatic N) is 3. The van der Waals surface area contributed by atoms with Gasteiger partial charge in [0.1, 0.15) is 5.82 Å². The zero-order valence-corrected chi connectivity index (χ0v) is 16.5. The van der Waals surface area contributed by atoms with Crippen LogP contribution in [0.4, 0.5) is 11.5 Å². The summed E-state index contributed by atoms with van der Waals surface area (Å²) in [6.07, 6.45) is 4.37. The fraction of sp³-hybridized carbons (Fsp3) is 0.350. The Morgan fingerprint density at radius 1 is 1.11 bits per heavy atom. The highest BCUT2D eigenvalue weighted by Crippen LogP contribution is 2.19. The molecular weight excluding hydrogens is 360 g/mol. The minimum atomic E-state index is -3.61. The van der Waals surface area contributed by atoms with Gasteiger partial charge in [0.2, 0.25) is 0 Å². The van der Waals surface area contributed by atoms with Crippen LogP contribution >= 0.6 is 0 Å². The third-order valence-corrected chi connectivity index (χ3v) is 6.12. The first-order valence-corrected chi connectivity index (χ1v) is 10.7. The normalized spacial score (nSPS) is 15.5. The van der Waals surface area contributed by atoms with Crippen molar-refractivity contribution < 1.29 is 8.42 Å². The molecule has 1 N–H and O–H groups in total. The second-order valence-corrected chi connectivity index (χ2v) is 8.27. The Bertz CT molecular complexity index is 856. The van der Waals surface area contributed by atoms with E-state index in [-0.39, 0.29) is 4.90 Å². The average molecular weight is 387 g/mol. The molecule has 0 atom stereocenters. The number of rotatable bonds is 7. The second kappa shape index (κ2) is 8.54. The van der Waals surface area contributed by atoms with Crippen LogP contribution in [0.5, 0.6) is 0 Å². The maximum Gasteiger partial charge on any atom is 0.261 e. The Balaban J connectivity index is 1.64. The van der Waals surface area contributed by atoms with E-state index in [4.69, 9.17) is 0 Å². The highest BCUT2D eigenvalue weighted by molar-refractivity contribution is 7.92. The molecule has 1 saturated heterocycles. The summed E-state index contributed by atoms with van der Waals surface area (Å²) in [4.78, 5) is 9.24. The van der Waals surface area contributed by atoms with Crippen LogP contribution in [-0.4, -0.2) is 51.0 Å². The number of hydrogen-bond acceptors (Lipinski definition) is 5. The largest absolute Gasteiger partial charge is 0.354 e. The van der Waals surface area contributed by atoms with Crippen LogP contribution < -0.4 is 9.62 Å². The molecule has 0 saturated carbocycles. The Labute approximate surface area is 161 Å². The summed E-state index contributed by atoms with van der Waals surface area (Å²) in [5.41, 5.74) is 1.57. The van der Waals surface area contributed by atoms with Crippen molar-refractivity contribution in [2.45, 2.75) is 18.2 Å². The number of hydrogen-bond donors (Lipinski definition) is 1. The van der Waals surface area contributed by atoms with Gasteiger partial charge < -0.3 is 4.90 Å². The number of aromatic nitrogens is 1. The molecule has 27 heavy (non-hydrogen) atoms. The molecule has 0 spiro atoms. The number of pyridine rings is 1. The highest BCUT2D eigenvalue weighted by atomic mass is 32.2. The zero-order valence-electron chi connectivity index (χ0n) is 15.6. The molecule has 7 heteroatoms. The van der Waals surface area contributed by atoms with Gasteiger partial charge in [-0.2, -0.15) is 0 Å². The lowest BCUT2D eigenvalue weighted by atomic mass is 10.2. The van der Waals surface area contributed by atoms with Crippen molar-refractivity contribution in [3.8, 4) is 0 Å². The monoisotopic (exact) mass is 386 g/mol. The first-order chi connectivity index (χ1) is 13.0. The van der Waals surface area contributed by atoms with Gasteiger partial charge >= 0.3 is 0 Å². The van der Waals surface area contributed by atoms with E-state index in [1.807, 2.05) is 31.2 Å². The first-order valence-electron chi connectivity index (χ1n) is 9.18. The summed E-state index contributed by atoms with van der Waals surface area (Å²) in [5.74, 6) is 0.864. The van der Waals surface area contributed by atoms with Gasteiger partial charge in [-0.05, 0) is 36.2 Å². The second-order valence-electron chi connectivity index (χ2n) is 6.58. The summed E-state index contributed by atoms with van der Waals surface area (Å²) in [5, 5.41) is 0. The maximum atomic E-state index is 12.5. The van der Waals surface area contributed by atoms with Crippen molar-refractivity contribution >= 4 is 21.5 Å². The minimum absolute atomic E-state index is 0.252. The van der Waals surface area contributed by atoms with Gasteiger partial charge in [-0.1, -0.05) is 25.1 Å². The standard InChI is InChI=1S/C20H26N4O2S/c1-3-11-23-12-14-24(15-13-23)20-10-7-18(16-21-20)22-27(25,26)19-8-5-17(4-2)6-9-19/h3,5-10,16,22H,1,4,11-15H2,2H3. The molecule has 0 radical (unpaired) electrons. The molecule has 1 aliphatic heterocycles. The van der Waals surface area contributed by atoms with Gasteiger partial charge in [0.15, 0.2) is 0 Å². The van der Waals surface area contributed by atoms with Crippen molar-refractivity contribution in [3.63, 3.8) is 0 Å². The molecule has 1 aromatic heterocycles. The Hall–Kier alpha value is -2.38. The smallest absolute Gasteiger partial charge is 0.261 e. The molecule has 0 bridgehead atoms. The van der Waals surface area contributed by atoms with Gasteiger partial charge in [-0.25, -0.2) is 13.4 Å². The molecule has 1 aliphatic rings. The molecule has 144 valence electrons. The molecular formula is C20H26N4O2S. The van der Waals surface area contributed by atoms with Gasteiger partial charge in [0.05, 0.1) is 16.8 Å². The Kier molecular flexibility index (Phi) is 6.13. The number of benzene rings is 1. The van der Waals surface area contributed by atoms with E-state index in [0.29, 0.717) is 5.69 Å². The quantitative estimate of drug-likeness (QED) is 0.741. The van der Waals surface area contributed by atoms with E-state index >= 15 is 0 Å². The fourth-order valence-electron chi connectivity index (χ4n) is 3.09. The first kappa shape index (κ1) is 19.4. The van der Waals surface area contributed by atoms with Crippen LogP contribution in [0.1, 0.15) is 12.5 Å². The predicted octanol–water partition coefficient (Wildman–Crippen LogP) is 2.75. The number of piperazine rings is 1. The van der Waals surface area contributed by atoms with Gasteiger partial charge in [0, 0.05) is 32.7 Å². The van der Waals surface area contributed by atoms with Crippen LogP contribution in [0.3, 0.4) is 0 Å². The van der Waals surface area contributed by atoms with Gasteiger partial charge in [0.25, 0.3) is 10.0 Å². The zero-order chi connectivity index (χ0) is 19.3. The molecule has 0 unspecified atom stereocenters. The van der Waals surface area contributed by atoms with Crippen LogP contribution in [0.25, 0.3) is 0 Å². The van der Waals surface area contributed by atoms with Crippen molar-refractivity contribution in [1.82, 2.24) is 9.88 Å². The lowest BCUT2D eigenvalue weighted by molar-refractivity contribution is 0.283. The molecule has 3 rings (SSSR count). The predicted molar refractivity (Wildman–Crippen MR) is 110 cm³/mol. The molecule has 1 aromatic carbocycles. The van der Waals surface area contributed by atoms with Crippen molar-refractivity contribution in [1.29, 1.82) is 0 Å². The van der Waals surface area contributed by atoms with Gasteiger partial charge in [-0.3, -0.25) is 9.62 Å². The Morgan fingerprint density at radius 2 is 1.81 bits per heavy atom. The fourth-order valence-corrected chi connectivity index (χ4v) is 4.14. The van der Waals surface area contributed by atoms with Crippen LogP contribution in [-0.2, 0) is 16.4 Å². The topological polar surface area (TPSA) is 65.5 Å². The summed E-state index contributed by atoms with van der Waals surface area (Å²) >= 11 is 0. The Morgan fingerprint density at radius 3 is 2.37 bits per heavy atom. The number of sulfonamides is 1. The van der Waals surface area contributed by atoms with Crippen LogP contribution in [0, 0.1) is 0 Å². The summed E-state index contributed by atoms with van der Waals surface area (Å²) < 4.78 is 27.6. The van der Waals surface area contributed by atoms with Crippen LogP contribution in [0.15, 0.2) is 60.1 Å². The molecule has 0 aliphatic carbocycles. The average Bonchev–Trinajstić information content (AvgIpc) is 2.69. The van der Waals surface area contributed by atoms with Crippen LogP contribution in [0.2, 0.25) is 0 Å². The van der Waals surface area contributed by atoms with E-state index < -0.39 is 10.0 Å². The van der Waals surface area contributed by atoms with E-state index in [1.54, 1.807) is 24.4 Å². The lowest BCUT2D eigenvalue weighted by Crippen LogP contribution is -2.46. The number of anilines is 2. The van der Waals surface area contributed by atoms with E-state index in [2.05, 4.69) is 26.1 Å². The van der Waals surface area contributed by atoms with Crippen molar-refractivity contribution in [2.24, 2.45) is 0 Å². The molecule has 2 aromatic rings. The molecule has 6 nitrogen and oxygen atoms in total. The molecule has 0 amide bonds. The number of nitrogens with one attached hydrogen (secondary N) is 1. The van der Waals surface area contributed by atoms with Gasteiger partial charge in [-0.15, -0.1) is 6.58 Å². The van der Waals surface area contributed by atoms with E-state index in [1.165, 1.54) is 0 Å². The SMILES string of the molecule is C=CCN1CCN(c2ccc(NS(=O)(=O)c3ccc(CC)cc3)cn2)CC1. The summed E-state index contributed by atoms with van der Waals surface area (Å²) in [6.45, 7) is 10.5. The van der Waals surface area contributed by atoms with E-state index in [0.717, 1.165) is 50.5 Å². The van der Waals surface area contributed by atoms with Crippen molar-refractivity contribution in [3.05, 3.63) is 60.8 Å². The third-order valence-electron chi connectivity index (χ3n) is 4.73. The number of aryl methyl sites for hydroxylation is 1. The van der Waals surface area contributed by atoms with Crippen molar-refractivity contribution in [2.75, 3.05) is 42.3 Å². The highest BCUT2D eigenvalue weighted by Gasteiger charge is 2.18.